The van der Waals surface area contributed by atoms with Crippen molar-refractivity contribution in [2.24, 2.45) is 7.05 Å². The van der Waals surface area contributed by atoms with Crippen molar-refractivity contribution < 1.29 is 9.18 Å². The van der Waals surface area contributed by atoms with E-state index in [4.69, 9.17) is 0 Å². The highest BCUT2D eigenvalue weighted by molar-refractivity contribution is 9.10. The summed E-state index contributed by atoms with van der Waals surface area (Å²) >= 11 is 3.41. The van der Waals surface area contributed by atoms with Crippen molar-refractivity contribution in [3.05, 3.63) is 64.5 Å². The second kappa shape index (κ2) is 7.92. The van der Waals surface area contributed by atoms with Crippen LogP contribution in [0.5, 0.6) is 0 Å². The van der Waals surface area contributed by atoms with E-state index in [-0.39, 0.29) is 0 Å². The van der Waals surface area contributed by atoms with Crippen LogP contribution in [0.15, 0.2) is 53.1 Å². The molecule has 0 fully saturated rings. The van der Waals surface area contributed by atoms with Gasteiger partial charge in [0.25, 0.3) is 0 Å². The molecule has 0 aliphatic rings. The lowest BCUT2D eigenvalue weighted by Gasteiger charge is -2.11. The van der Waals surface area contributed by atoms with Gasteiger partial charge in [-0.15, -0.1) is 0 Å². The number of carbonyl (C=O) groups is 1. The number of nitrogens with one attached hydrogen (secondary N) is 2. The third kappa shape index (κ3) is 4.54. The van der Waals surface area contributed by atoms with Crippen molar-refractivity contribution in [3.8, 4) is 11.3 Å². The van der Waals surface area contributed by atoms with E-state index in [0.717, 1.165) is 10.2 Å². The second-order valence-corrected chi connectivity index (χ2v) is 7.40. The van der Waals surface area contributed by atoms with E-state index in [1.165, 1.54) is 17.7 Å². The van der Waals surface area contributed by atoms with Gasteiger partial charge in [-0.05, 0) is 57.7 Å². The Morgan fingerprint density at radius 3 is 2.37 bits per heavy atom. The maximum absolute atomic E-state index is 14.1. The minimum atomic E-state index is -0.447. The van der Waals surface area contributed by atoms with E-state index in [1.807, 2.05) is 24.3 Å². The number of aromatic nitrogens is 2. The van der Waals surface area contributed by atoms with Gasteiger partial charge >= 0.3 is 6.03 Å². The quantitative estimate of drug-likeness (QED) is 0.552. The molecule has 140 valence electrons. The molecule has 0 unspecified atom stereocenters. The maximum Gasteiger partial charge on any atom is 0.323 e. The molecule has 3 rings (SSSR count). The van der Waals surface area contributed by atoms with Crippen LogP contribution in [0, 0.1) is 5.82 Å². The summed E-state index contributed by atoms with van der Waals surface area (Å²) in [5.74, 6) is -0.0258. The molecule has 0 saturated carbocycles. The summed E-state index contributed by atoms with van der Waals surface area (Å²) in [6.07, 6.45) is 1.64. The predicted octanol–water partition coefficient (Wildman–Crippen LogP) is 5.76. The zero-order valence-electron chi connectivity index (χ0n) is 15.3. The van der Waals surface area contributed by atoms with Crippen molar-refractivity contribution in [2.45, 2.75) is 19.8 Å². The number of aryl methyl sites for hydroxylation is 1. The first-order valence-electron chi connectivity index (χ1n) is 8.50. The molecule has 0 aliphatic carbocycles. The Labute approximate surface area is 165 Å². The van der Waals surface area contributed by atoms with Gasteiger partial charge in [-0.1, -0.05) is 26.0 Å². The van der Waals surface area contributed by atoms with Gasteiger partial charge in [-0.25, -0.2) is 9.18 Å². The minimum Gasteiger partial charge on any atom is -0.308 e. The predicted molar refractivity (Wildman–Crippen MR) is 109 cm³/mol. The van der Waals surface area contributed by atoms with Crippen molar-refractivity contribution in [3.63, 3.8) is 0 Å². The molecule has 2 amide bonds. The molecule has 2 aromatic carbocycles. The zero-order chi connectivity index (χ0) is 19.6. The fourth-order valence-corrected chi connectivity index (χ4v) is 3.36. The SMILES string of the molecule is CC(C)c1ccc(NC(=O)Nc2cc(F)cc(-c3c(Br)cnn3C)c2)cc1. The fourth-order valence-electron chi connectivity index (χ4n) is 2.78. The fraction of sp³-hybridized carbons (Fsp3) is 0.200. The molecule has 2 N–H and O–H groups in total. The van der Waals surface area contributed by atoms with Crippen LogP contribution in [0.2, 0.25) is 0 Å². The van der Waals surface area contributed by atoms with E-state index in [2.05, 4.69) is 45.5 Å². The van der Waals surface area contributed by atoms with E-state index in [9.17, 15) is 9.18 Å². The van der Waals surface area contributed by atoms with Crippen molar-refractivity contribution in [1.82, 2.24) is 9.78 Å². The number of anilines is 2. The highest BCUT2D eigenvalue weighted by Crippen LogP contribution is 2.30. The Hall–Kier alpha value is -2.67. The Morgan fingerprint density at radius 2 is 1.78 bits per heavy atom. The third-order valence-corrected chi connectivity index (χ3v) is 4.74. The molecule has 5 nitrogen and oxygen atoms in total. The number of hydrogen-bond acceptors (Lipinski definition) is 2. The zero-order valence-corrected chi connectivity index (χ0v) is 16.8. The second-order valence-electron chi connectivity index (χ2n) is 6.55. The Kier molecular flexibility index (Phi) is 5.60. The summed E-state index contributed by atoms with van der Waals surface area (Å²) in [5, 5.41) is 9.56. The van der Waals surface area contributed by atoms with E-state index in [1.54, 1.807) is 24.0 Å². The summed E-state index contributed by atoms with van der Waals surface area (Å²) in [5.41, 5.74) is 3.55. The summed E-state index contributed by atoms with van der Waals surface area (Å²) in [4.78, 5) is 12.3. The molecule has 0 saturated heterocycles. The number of hydrogen-bond donors (Lipinski definition) is 2. The highest BCUT2D eigenvalue weighted by atomic mass is 79.9. The number of benzene rings is 2. The Balaban J connectivity index is 1.76. The number of carbonyl (C=O) groups excluding carboxylic acids is 1. The number of amides is 2. The van der Waals surface area contributed by atoms with Crippen LogP contribution < -0.4 is 10.6 Å². The van der Waals surface area contributed by atoms with Gasteiger partial charge < -0.3 is 10.6 Å². The summed E-state index contributed by atoms with van der Waals surface area (Å²) in [6, 6.07) is 11.6. The first-order valence-corrected chi connectivity index (χ1v) is 9.29. The van der Waals surface area contributed by atoms with Crippen LogP contribution in [-0.4, -0.2) is 15.8 Å². The summed E-state index contributed by atoms with van der Waals surface area (Å²) in [7, 11) is 1.77. The first-order chi connectivity index (χ1) is 12.8. The summed E-state index contributed by atoms with van der Waals surface area (Å²) < 4.78 is 16.4. The number of rotatable bonds is 4. The lowest BCUT2D eigenvalue weighted by Crippen LogP contribution is -2.19. The monoisotopic (exact) mass is 430 g/mol. The van der Waals surface area contributed by atoms with Crippen LogP contribution in [-0.2, 0) is 7.05 Å². The van der Waals surface area contributed by atoms with Crippen molar-refractivity contribution in [2.75, 3.05) is 10.6 Å². The highest BCUT2D eigenvalue weighted by Gasteiger charge is 2.12. The number of halogens is 2. The molecule has 3 aromatic rings. The molecular formula is C20H20BrFN4O. The number of nitrogens with zero attached hydrogens (tertiary/aromatic N) is 2. The van der Waals surface area contributed by atoms with Gasteiger partial charge in [0.15, 0.2) is 0 Å². The van der Waals surface area contributed by atoms with Crippen molar-refractivity contribution >= 4 is 33.3 Å². The minimum absolute atomic E-state index is 0.356. The van der Waals surface area contributed by atoms with E-state index >= 15 is 0 Å². The van der Waals surface area contributed by atoms with Gasteiger partial charge in [-0.2, -0.15) is 5.10 Å². The molecule has 27 heavy (non-hydrogen) atoms. The Bertz CT molecular complexity index is 947. The average molecular weight is 431 g/mol. The van der Waals surface area contributed by atoms with Crippen molar-refractivity contribution in [1.29, 1.82) is 0 Å². The van der Waals surface area contributed by atoms with E-state index in [0.29, 0.717) is 22.9 Å². The summed E-state index contributed by atoms with van der Waals surface area (Å²) in [6.45, 7) is 4.22. The molecular weight excluding hydrogens is 411 g/mol. The van der Waals surface area contributed by atoms with Crippen LogP contribution in [0.4, 0.5) is 20.6 Å². The molecule has 7 heteroatoms. The molecule has 0 radical (unpaired) electrons. The normalized spacial score (nSPS) is 10.9. The van der Waals surface area contributed by atoms with Gasteiger partial charge in [0.05, 0.1) is 16.4 Å². The molecule has 0 bridgehead atoms. The van der Waals surface area contributed by atoms with Crippen LogP contribution in [0.25, 0.3) is 11.3 Å². The lowest BCUT2D eigenvalue weighted by molar-refractivity contribution is 0.262. The third-order valence-electron chi connectivity index (χ3n) is 4.16. The molecule has 0 atom stereocenters. The van der Waals surface area contributed by atoms with Gasteiger partial charge in [0.1, 0.15) is 5.82 Å². The smallest absolute Gasteiger partial charge is 0.308 e. The molecule has 0 spiro atoms. The largest absolute Gasteiger partial charge is 0.323 e. The topological polar surface area (TPSA) is 59.0 Å². The van der Waals surface area contributed by atoms with Gasteiger partial charge in [0.2, 0.25) is 0 Å². The number of urea groups is 1. The van der Waals surface area contributed by atoms with Gasteiger partial charge in [-0.3, -0.25) is 4.68 Å². The van der Waals surface area contributed by atoms with Crippen LogP contribution in [0.1, 0.15) is 25.3 Å². The van der Waals surface area contributed by atoms with Gasteiger partial charge in [0, 0.05) is 24.0 Å². The Morgan fingerprint density at radius 1 is 1.11 bits per heavy atom. The lowest BCUT2D eigenvalue weighted by atomic mass is 10.0. The average Bonchev–Trinajstić information content (AvgIpc) is 2.93. The van der Waals surface area contributed by atoms with Crippen LogP contribution in [0.3, 0.4) is 0 Å². The first kappa shape index (κ1) is 19.1. The van der Waals surface area contributed by atoms with Crippen LogP contribution >= 0.6 is 15.9 Å². The molecule has 1 heterocycles. The molecule has 0 aliphatic heterocycles. The standard InChI is InChI=1S/C20H20BrFN4O/c1-12(2)13-4-6-16(7-5-13)24-20(27)25-17-9-14(8-15(22)10-17)19-18(21)11-23-26(19)3/h4-12H,1-3H3,(H2,24,25,27). The van der Waals surface area contributed by atoms with E-state index < -0.39 is 11.8 Å². The molecule has 1 aromatic heterocycles. The maximum atomic E-state index is 14.1.